The van der Waals surface area contributed by atoms with Gasteiger partial charge in [0.1, 0.15) is 0 Å². The number of carbonyl (C=O) groups is 2. The lowest BCUT2D eigenvalue weighted by Gasteiger charge is -2.34. The largest absolute Gasteiger partial charge is 0.352 e. The van der Waals surface area contributed by atoms with Gasteiger partial charge in [-0.15, -0.1) is 0 Å². The highest BCUT2D eigenvalue weighted by Crippen LogP contribution is 2.26. The number of amides is 2. The van der Waals surface area contributed by atoms with Crippen LogP contribution in [0.2, 0.25) is 0 Å². The molecule has 0 bridgehead atoms. The minimum Gasteiger partial charge on any atom is -0.352 e. The molecule has 1 saturated heterocycles. The zero-order valence-corrected chi connectivity index (χ0v) is 15.9. The first-order chi connectivity index (χ1) is 11.7. The fourth-order valence-electron chi connectivity index (χ4n) is 2.82. The molecule has 2 rings (SSSR count). The molecular weight excluding hydrogens is 314 g/mol. The Bertz CT molecular complexity index is 596. The molecule has 2 amide bonds. The van der Waals surface area contributed by atoms with Gasteiger partial charge in [0, 0.05) is 24.1 Å². The van der Waals surface area contributed by atoms with Gasteiger partial charge < -0.3 is 16.0 Å². The molecule has 0 atom stereocenters. The molecule has 0 aliphatic carbocycles. The van der Waals surface area contributed by atoms with Crippen LogP contribution in [0, 0.1) is 10.8 Å². The third-order valence-corrected chi connectivity index (χ3v) is 4.84. The number of benzene rings is 1. The molecular formula is C20H31N3O2. The topological polar surface area (TPSA) is 70.2 Å². The first kappa shape index (κ1) is 19.4. The maximum atomic E-state index is 12.3. The molecule has 5 heteroatoms. The summed E-state index contributed by atoms with van der Waals surface area (Å²) >= 11 is 0. The lowest BCUT2D eigenvalue weighted by atomic mass is 9.81. The average Bonchev–Trinajstić information content (AvgIpc) is 2.58. The van der Waals surface area contributed by atoms with Crippen molar-refractivity contribution < 1.29 is 9.59 Å². The summed E-state index contributed by atoms with van der Waals surface area (Å²) in [4.78, 5) is 24.2. The third-order valence-electron chi connectivity index (χ3n) is 4.84. The molecule has 1 fully saturated rings. The Morgan fingerprint density at radius 3 is 2.24 bits per heavy atom. The quantitative estimate of drug-likeness (QED) is 0.768. The van der Waals surface area contributed by atoms with Gasteiger partial charge in [-0.3, -0.25) is 9.59 Å². The van der Waals surface area contributed by atoms with E-state index in [2.05, 4.69) is 22.9 Å². The molecule has 1 heterocycles. The minimum absolute atomic E-state index is 0.0181. The summed E-state index contributed by atoms with van der Waals surface area (Å²) in [7, 11) is 0. The van der Waals surface area contributed by atoms with E-state index in [1.165, 1.54) is 0 Å². The van der Waals surface area contributed by atoms with E-state index in [4.69, 9.17) is 0 Å². The van der Waals surface area contributed by atoms with E-state index in [-0.39, 0.29) is 17.2 Å². The highest BCUT2D eigenvalue weighted by atomic mass is 16.2. The predicted molar refractivity (Wildman–Crippen MR) is 100 cm³/mol. The summed E-state index contributed by atoms with van der Waals surface area (Å²) in [5.41, 5.74) is 1.42. The number of piperidine rings is 1. The fourth-order valence-corrected chi connectivity index (χ4v) is 2.82. The average molecular weight is 345 g/mol. The van der Waals surface area contributed by atoms with Gasteiger partial charge in [-0.1, -0.05) is 39.8 Å². The van der Waals surface area contributed by atoms with Crippen LogP contribution in [0.4, 0.5) is 0 Å². The Balaban J connectivity index is 1.84. The zero-order chi connectivity index (χ0) is 18.5. The molecule has 138 valence electrons. The van der Waals surface area contributed by atoms with E-state index in [9.17, 15) is 9.59 Å². The van der Waals surface area contributed by atoms with Crippen molar-refractivity contribution in [3.8, 4) is 0 Å². The van der Waals surface area contributed by atoms with Crippen LogP contribution < -0.4 is 16.0 Å². The summed E-state index contributed by atoms with van der Waals surface area (Å²) in [5.74, 6) is -0.0189. The summed E-state index contributed by atoms with van der Waals surface area (Å²) in [6.07, 6.45) is 2.17. The number of hydrogen-bond acceptors (Lipinski definition) is 3. The fraction of sp³-hybridized carbons (Fsp3) is 0.600. The summed E-state index contributed by atoms with van der Waals surface area (Å²) in [6, 6.07) is 7.42. The van der Waals surface area contributed by atoms with Crippen molar-refractivity contribution in [3.63, 3.8) is 0 Å². The lowest BCUT2D eigenvalue weighted by Crippen LogP contribution is -2.42. The van der Waals surface area contributed by atoms with E-state index < -0.39 is 5.41 Å². The monoisotopic (exact) mass is 345 g/mol. The SMILES string of the molecule is CC1(CNC(=O)c2ccc(CNC(=O)C(C)(C)C)cc2)CCNCC1. The van der Waals surface area contributed by atoms with E-state index in [0.29, 0.717) is 18.7 Å². The molecule has 0 saturated carbocycles. The molecule has 0 spiro atoms. The molecule has 1 aliphatic rings. The van der Waals surface area contributed by atoms with Crippen molar-refractivity contribution in [3.05, 3.63) is 35.4 Å². The molecule has 0 radical (unpaired) electrons. The number of rotatable bonds is 5. The van der Waals surface area contributed by atoms with E-state index >= 15 is 0 Å². The standard InChI is InChI=1S/C20H31N3O2/c1-19(2,3)18(25)22-13-15-5-7-16(8-6-15)17(24)23-14-20(4)9-11-21-12-10-20/h5-8,21H,9-14H2,1-4H3,(H,22,25)(H,23,24). The first-order valence-corrected chi connectivity index (χ1v) is 9.06. The Labute approximate surface area is 151 Å². The molecule has 0 unspecified atom stereocenters. The second-order valence-corrected chi connectivity index (χ2v) is 8.37. The molecule has 3 N–H and O–H groups in total. The lowest BCUT2D eigenvalue weighted by molar-refractivity contribution is -0.128. The van der Waals surface area contributed by atoms with Crippen LogP contribution in [0.15, 0.2) is 24.3 Å². The second kappa shape index (κ2) is 8.00. The van der Waals surface area contributed by atoms with Crippen molar-refractivity contribution in [2.75, 3.05) is 19.6 Å². The molecule has 25 heavy (non-hydrogen) atoms. The molecule has 1 aromatic rings. The molecule has 1 aliphatic heterocycles. The number of hydrogen-bond donors (Lipinski definition) is 3. The van der Waals surface area contributed by atoms with Crippen molar-refractivity contribution in [1.82, 2.24) is 16.0 Å². The Morgan fingerprint density at radius 2 is 1.68 bits per heavy atom. The van der Waals surface area contributed by atoms with Crippen LogP contribution in [-0.4, -0.2) is 31.4 Å². The highest BCUT2D eigenvalue weighted by Gasteiger charge is 2.27. The van der Waals surface area contributed by atoms with Crippen LogP contribution in [0.25, 0.3) is 0 Å². The maximum Gasteiger partial charge on any atom is 0.251 e. The van der Waals surface area contributed by atoms with E-state index in [1.54, 1.807) is 0 Å². The second-order valence-electron chi connectivity index (χ2n) is 8.37. The third kappa shape index (κ3) is 5.85. The molecule has 5 nitrogen and oxygen atoms in total. The summed E-state index contributed by atoms with van der Waals surface area (Å²) in [5, 5.41) is 9.33. The van der Waals surface area contributed by atoms with E-state index in [0.717, 1.165) is 31.5 Å². The zero-order valence-electron chi connectivity index (χ0n) is 15.9. The van der Waals surface area contributed by atoms with Gasteiger partial charge in [-0.25, -0.2) is 0 Å². The Morgan fingerprint density at radius 1 is 1.08 bits per heavy atom. The predicted octanol–water partition coefficient (Wildman–Crippen LogP) is 2.47. The van der Waals surface area contributed by atoms with Crippen molar-refractivity contribution >= 4 is 11.8 Å². The van der Waals surface area contributed by atoms with Crippen LogP contribution >= 0.6 is 0 Å². The first-order valence-electron chi connectivity index (χ1n) is 9.06. The van der Waals surface area contributed by atoms with Gasteiger partial charge in [0.2, 0.25) is 5.91 Å². The number of carbonyl (C=O) groups excluding carboxylic acids is 2. The Hall–Kier alpha value is -1.88. The number of nitrogens with one attached hydrogen (secondary N) is 3. The van der Waals surface area contributed by atoms with Crippen LogP contribution in [0.3, 0.4) is 0 Å². The Kier molecular flexibility index (Phi) is 6.22. The van der Waals surface area contributed by atoms with Gasteiger partial charge in [0.25, 0.3) is 5.91 Å². The van der Waals surface area contributed by atoms with Gasteiger partial charge in [-0.05, 0) is 49.0 Å². The van der Waals surface area contributed by atoms with Gasteiger partial charge >= 0.3 is 0 Å². The maximum absolute atomic E-state index is 12.3. The van der Waals surface area contributed by atoms with Crippen LogP contribution in [0.5, 0.6) is 0 Å². The molecule has 1 aromatic carbocycles. The minimum atomic E-state index is -0.398. The van der Waals surface area contributed by atoms with Crippen molar-refractivity contribution in [2.45, 2.75) is 47.1 Å². The van der Waals surface area contributed by atoms with Gasteiger partial charge in [0.15, 0.2) is 0 Å². The van der Waals surface area contributed by atoms with Crippen molar-refractivity contribution in [2.24, 2.45) is 10.8 Å². The van der Waals surface area contributed by atoms with Gasteiger partial charge in [-0.2, -0.15) is 0 Å². The van der Waals surface area contributed by atoms with Crippen LogP contribution in [0.1, 0.15) is 56.5 Å². The smallest absolute Gasteiger partial charge is 0.251 e. The normalized spacial score (nSPS) is 17.0. The summed E-state index contributed by atoms with van der Waals surface area (Å²) in [6.45, 7) is 11.1. The van der Waals surface area contributed by atoms with Gasteiger partial charge in [0.05, 0.1) is 0 Å². The summed E-state index contributed by atoms with van der Waals surface area (Å²) < 4.78 is 0. The van der Waals surface area contributed by atoms with Crippen molar-refractivity contribution in [1.29, 1.82) is 0 Å². The molecule has 0 aromatic heterocycles. The highest BCUT2D eigenvalue weighted by molar-refractivity contribution is 5.94. The van der Waals surface area contributed by atoms with E-state index in [1.807, 2.05) is 45.0 Å². The van der Waals surface area contributed by atoms with Crippen LogP contribution in [-0.2, 0) is 11.3 Å².